The van der Waals surface area contributed by atoms with Crippen molar-refractivity contribution in [2.24, 2.45) is 4.99 Å². The molecule has 0 spiro atoms. The highest BCUT2D eigenvalue weighted by atomic mass is 19.1. The van der Waals surface area contributed by atoms with Crippen molar-refractivity contribution in [2.75, 3.05) is 13.1 Å². The van der Waals surface area contributed by atoms with Gasteiger partial charge in [0.2, 0.25) is 0 Å². The van der Waals surface area contributed by atoms with Crippen LogP contribution in [0.3, 0.4) is 0 Å². The molecule has 3 aromatic rings. The number of nitrogens with zero attached hydrogens (tertiary/aromatic N) is 3. The molecule has 0 bridgehead atoms. The molecule has 1 amide bonds. The highest BCUT2D eigenvalue weighted by Gasteiger charge is 2.16. The normalized spacial score (nSPS) is 13.4. The van der Waals surface area contributed by atoms with Crippen molar-refractivity contribution >= 4 is 22.7 Å². The summed E-state index contributed by atoms with van der Waals surface area (Å²) in [5.74, 6) is 0.218. The molecule has 0 fully saturated rings. The number of allylic oxidation sites excluding steroid dienone is 1. The van der Waals surface area contributed by atoms with Crippen molar-refractivity contribution in [3.8, 4) is 0 Å². The number of halogens is 1. The average Bonchev–Trinajstić information content (AvgIpc) is 3.39. The van der Waals surface area contributed by atoms with Crippen LogP contribution < -0.4 is 10.6 Å². The third kappa shape index (κ3) is 4.96. The van der Waals surface area contributed by atoms with Crippen LogP contribution in [0.5, 0.6) is 0 Å². The van der Waals surface area contributed by atoms with Gasteiger partial charge in [-0.1, -0.05) is 12.1 Å². The summed E-state index contributed by atoms with van der Waals surface area (Å²) < 4.78 is 13.6. The standard InChI is InChI=1S/C22H23FN6O/c23-16-4-3-11-25-20(16)14-26-22(30)19-8-7-15(27-19)9-12-24-13-10-21-28-17-5-1-2-6-18(17)29-21/h1-6,8,11,24H,7,9-10,12-14H2,(H,26,30)(H,28,29). The summed E-state index contributed by atoms with van der Waals surface area (Å²) in [5.41, 5.74) is 3.58. The Morgan fingerprint density at radius 1 is 1.13 bits per heavy atom. The van der Waals surface area contributed by atoms with E-state index in [0.29, 0.717) is 12.1 Å². The summed E-state index contributed by atoms with van der Waals surface area (Å²) in [4.78, 5) is 28.4. The van der Waals surface area contributed by atoms with E-state index in [1.165, 1.54) is 18.3 Å². The third-order valence-corrected chi connectivity index (χ3v) is 4.86. The molecule has 0 saturated carbocycles. The van der Waals surface area contributed by atoms with Crippen LogP contribution in [0.2, 0.25) is 0 Å². The second-order valence-electron chi connectivity index (χ2n) is 7.04. The monoisotopic (exact) mass is 406 g/mol. The maximum atomic E-state index is 13.6. The number of aliphatic imine (C=N–C) groups is 1. The molecule has 8 heteroatoms. The molecule has 1 aliphatic heterocycles. The number of amides is 1. The van der Waals surface area contributed by atoms with Crippen LogP contribution in [0, 0.1) is 5.82 Å². The van der Waals surface area contributed by atoms with Gasteiger partial charge in [0.25, 0.3) is 5.91 Å². The lowest BCUT2D eigenvalue weighted by atomic mass is 10.2. The molecule has 3 heterocycles. The SMILES string of the molecule is O=C(NCc1ncccc1F)C1=CCC(CCNCCc2nc3ccccc3[nH]2)=N1. The van der Waals surface area contributed by atoms with Crippen LogP contribution in [0.1, 0.15) is 24.4 Å². The molecule has 1 aliphatic rings. The number of imidazole rings is 1. The van der Waals surface area contributed by atoms with E-state index in [0.717, 1.165) is 48.5 Å². The fourth-order valence-corrected chi connectivity index (χ4v) is 3.27. The first kappa shape index (κ1) is 19.9. The number of para-hydroxylation sites is 2. The largest absolute Gasteiger partial charge is 0.345 e. The van der Waals surface area contributed by atoms with E-state index in [-0.39, 0.29) is 18.1 Å². The number of carbonyl (C=O) groups is 1. The summed E-state index contributed by atoms with van der Waals surface area (Å²) in [5, 5.41) is 6.05. The first-order valence-electron chi connectivity index (χ1n) is 9.97. The lowest BCUT2D eigenvalue weighted by Gasteiger charge is -2.05. The number of aromatic amines is 1. The van der Waals surface area contributed by atoms with E-state index in [1.54, 1.807) is 6.08 Å². The minimum absolute atomic E-state index is 0.0387. The highest BCUT2D eigenvalue weighted by Crippen LogP contribution is 2.13. The van der Waals surface area contributed by atoms with E-state index < -0.39 is 5.82 Å². The van der Waals surface area contributed by atoms with Crippen LogP contribution >= 0.6 is 0 Å². The van der Waals surface area contributed by atoms with E-state index in [2.05, 4.69) is 30.6 Å². The summed E-state index contributed by atoms with van der Waals surface area (Å²) in [6, 6.07) is 10.8. The number of H-pyrrole nitrogens is 1. The number of hydrogen-bond acceptors (Lipinski definition) is 5. The predicted molar refractivity (Wildman–Crippen MR) is 113 cm³/mol. The number of benzene rings is 1. The Kier molecular flexibility index (Phi) is 6.24. The molecule has 0 radical (unpaired) electrons. The quantitative estimate of drug-likeness (QED) is 0.476. The summed E-state index contributed by atoms with van der Waals surface area (Å²) in [6.07, 6.45) is 5.54. The predicted octanol–water partition coefficient (Wildman–Crippen LogP) is 2.66. The van der Waals surface area contributed by atoms with Gasteiger partial charge in [0.05, 0.1) is 23.3 Å². The molecular formula is C22H23FN6O. The number of aromatic nitrogens is 3. The summed E-state index contributed by atoms with van der Waals surface area (Å²) in [6.45, 7) is 1.63. The molecule has 4 rings (SSSR count). The maximum absolute atomic E-state index is 13.6. The van der Waals surface area contributed by atoms with E-state index in [9.17, 15) is 9.18 Å². The van der Waals surface area contributed by atoms with Gasteiger partial charge in [-0.05, 0) is 36.8 Å². The molecule has 0 aliphatic carbocycles. The molecule has 2 aromatic heterocycles. The Morgan fingerprint density at radius 3 is 2.87 bits per heavy atom. The zero-order valence-corrected chi connectivity index (χ0v) is 16.5. The Bertz CT molecular complexity index is 1070. The van der Waals surface area contributed by atoms with Crippen molar-refractivity contribution in [3.05, 3.63) is 71.7 Å². The Labute approximate surface area is 173 Å². The van der Waals surface area contributed by atoms with Crippen molar-refractivity contribution < 1.29 is 9.18 Å². The van der Waals surface area contributed by atoms with Crippen molar-refractivity contribution in [1.82, 2.24) is 25.6 Å². The minimum atomic E-state index is -0.434. The van der Waals surface area contributed by atoms with Gasteiger partial charge in [0, 0.05) is 37.8 Å². The van der Waals surface area contributed by atoms with E-state index in [1.807, 2.05) is 24.3 Å². The van der Waals surface area contributed by atoms with Crippen molar-refractivity contribution in [3.63, 3.8) is 0 Å². The number of carbonyl (C=O) groups excluding carboxylic acids is 1. The van der Waals surface area contributed by atoms with Gasteiger partial charge in [-0.2, -0.15) is 0 Å². The number of hydrogen-bond donors (Lipinski definition) is 3. The van der Waals surface area contributed by atoms with Crippen molar-refractivity contribution in [2.45, 2.75) is 25.8 Å². The lowest BCUT2D eigenvalue weighted by molar-refractivity contribution is -0.117. The molecule has 0 saturated heterocycles. The van der Waals surface area contributed by atoms with Crippen LogP contribution in [0.15, 0.2) is 59.4 Å². The van der Waals surface area contributed by atoms with Crippen LogP contribution in [-0.2, 0) is 17.8 Å². The van der Waals surface area contributed by atoms with Gasteiger partial charge in [-0.3, -0.25) is 14.8 Å². The maximum Gasteiger partial charge on any atom is 0.269 e. The number of fused-ring (bicyclic) bond motifs is 1. The number of pyridine rings is 1. The van der Waals surface area contributed by atoms with Gasteiger partial charge in [0.15, 0.2) is 0 Å². The van der Waals surface area contributed by atoms with Crippen LogP contribution in [-0.4, -0.2) is 39.7 Å². The highest BCUT2D eigenvalue weighted by molar-refractivity contribution is 6.01. The Morgan fingerprint density at radius 2 is 2.00 bits per heavy atom. The van der Waals surface area contributed by atoms with Crippen LogP contribution in [0.25, 0.3) is 11.0 Å². The second-order valence-corrected chi connectivity index (χ2v) is 7.04. The minimum Gasteiger partial charge on any atom is -0.345 e. The average molecular weight is 406 g/mol. The molecule has 7 nitrogen and oxygen atoms in total. The lowest BCUT2D eigenvalue weighted by Crippen LogP contribution is -2.24. The topological polar surface area (TPSA) is 95.1 Å². The zero-order valence-electron chi connectivity index (χ0n) is 16.5. The van der Waals surface area contributed by atoms with Crippen LogP contribution in [0.4, 0.5) is 4.39 Å². The van der Waals surface area contributed by atoms with Gasteiger partial charge >= 0.3 is 0 Å². The molecule has 3 N–H and O–H groups in total. The Balaban J connectivity index is 1.16. The summed E-state index contributed by atoms with van der Waals surface area (Å²) >= 11 is 0. The van der Waals surface area contributed by atoms with E-state index in [4.69, 9.17) is 0 Å². The van der Waals surface area contributed by atoms with Gasteiger partial charge in [0.1, 0.15) is 17.3 Å². The van der Waals surface area contributed by atoms with Gasteiger partial charge in [-0.25, -0.2) is 9.37 Å². The second kappa shape index (κ2) is 9.41. The van der Waals surface area contributed by atoms with Gasteiger partial charge < -0.3 is 15.6 Å². The fourth-order valence-electron chi connectivity index (χ4n) is 3.27. The molecule has 0 unspecified atom stereocenters. The first-order valence-corrected chi connectivity index (χ1v) is 9.97. The molecule has 30 heavy (non-hydrogen) atoms. The third-order valence-electron chi connectivity index (χ3n) is 4.86. The molecule has 1 aromatic carbocycles. The smallest absolute Gasteiger partial charge is 0.269 e. The Hall–Kier alpha value is -3.39. The zero-order chi connectivity index (χ0) is 20.8. The molecule has 0 atom stereocenters. The number of rotatable bonds is 9. The van der Waals surface area contributed by atoms with E-state index >= 15 is 0 Å². The number of nitrogens with one attached hydrogen (secondary N) is 3. The summed E-state index contributed by atoms with van der Waals surface area (Å²) in [7, 11) is 0. The first-order chi connectivity index (χ1) is 14.7. The fraction of sp³-hybridized carbons (Fsp3) is 0.273. The van der Waals surface area contributed by atoms with Crippen molar-refractivity contribution in [1.29, 1.82) is 0 Å². The van der Waals surface area contributed by atoms with Gasteiger partial charge in [-0.15, -0.1) is 0 Å². The molecule has 154 valence electrons. The molecular weight excluding hydrogens is 383 g/mol.